The second-order valence-electron chi connectivity index (χ2n) is 14.9. The minimum atomic E-state index is 0.651. The SMILES string of the molecule is c1ccc(-c2ccc(-c3cc(-c4cccc5c4oc4ccccc45)nc(-c4ccc(-n5c6ccc7ccccc7c6c6c7ccccc7ccc65)cc4)n3)cc2)cc1. The van der Waals surface area contributed by atoms with Gasteiger partial charge in [0.05, 0.1) is 22.4 Å². The van der Waals surface area contributed by atoms with Gasteiger partial charge in [-0.2, -0.15) is 0 Å². The van der Waals surface area contributed by atoms with Crippen LogP contribution in [-0.4, -0.2) is 14.5 Å². The Bertz CT molecular complexity index is 3450. The van der Waals surface area contributed by atoms with Gasteiger partial charge in [-0.05, 0) is 87.3 Å². The fraction of sp³-hybridized carbons (Fsp3) is 0. The van der Waals surface area contributed by atoms with E-state index in [-0.39, 0.29) is 0 Å². The summed E-state index contributed by atoms with van der Waals surface area (Å²) in [7, 11) is 0. The van der Waals surface area contributed by atoms with Crippen molar-refractivity contribution in [1.82, 2.24) is 14.5 Å². The van der Waals surface area contributed by atoms with Crippen LogP contribution in [0.15, 0.2) is 205 Å². The van der Waals surface area contributed by atoms with Crippen molar-refractivity contribution in [2.45, 2.75) is 0 Å². The van der Waals surface area contributed by atoms with E-state index in [1.165, 1.54) is 48.9 Å². The fourth-order valence-corrected chi connectivity index (χ4v) is 8.86. The zero-order valence-corrected chi connectivity index (χ0v) is 31.3. The van der Waals surface area contributed by atoms with Crippen molar-refractivity contribution >= 4 is 65.3 Å². The van der Waals surface area contributed by atoms with Crippen molar-refractivity contribution in [3.63, 3.8) is 0 Å². The molecule has 0 unspecified atom stereocenters. The second-order valence-corrected chi connectivity index (χ2v) is 14.9. The van der Waals surface area contributed by atoms with Crippen molar-refractivity contribution in [2.75, 3.05) is 0 Å². The van der Waals surface area contributed by atoms with Gasteiger partial charge in [-0.15, -0.1) is 0 Å². The van der Waals surface area contributed by atoms with Crippen LogP contribution in [0, 0.1) is 0 Å². The number of hydrogen-bond donors (Lipinski definition) is 0. The molecule has 12 aromatic rings. The van der Waals surface area contributed by atoms with E-state index in [9.17, 15) is 0 Å². The molecule has 0 fully saturated rings. The number of fused-ring (bicyclic) bond motifs is 10. The number of para-hydroxylation sites is 2. The highest BCUT2D eigenvalue weighted by atomic mass is 16.3. The molecule has 9 aromatic carbocycles. The molecule has 0 bridgehead atoms. The number of furan rings is 1. The number of nitrogens with zero attached hydrogens (tertiary/aromatic N) is 3. The van der Waals surface area contributed by atoms with Gasteiger partial charge < -0.3 is 8.98 Å². The first-order chi connectivity index (χ1) is 28.7. The molecular weight excluding hydrogens is 707 g/mol. The van der Waals surface area contributed by atoms with E-state index < -0.39 is 0 Å². The second kappa shape index (κ2) is 12.9. The van der Waals surface area contributed by atoms with Crippen LogP contribution in [0.25, 0.3) is 116 Å². The third-order valence-corrected chi connectivity index (χ3v) is 11.6. The average molecular weight is 740 g/mol. The highest BCUT2D eigenvalue weighted by molar-refractivity contribution is 6.28. The van der Waals surface area contributed by atoms with E-state index in [1.807, 2.05) is 18.2 Å². The maximum absolute atomic E-state index is 6.51. The Morgan fingerprint density at radius 1 is 0.379 bits per heavy atom. The summed E-state index contributed by atoms with van der Waals surface area (Å²) in [6, 6.07) is 70.8. The number of rotatable bonds is 5. The summed E-state index contributed by atoms with van der Waals surface area (Å²) in [5.74, 6) is 0.651. The summed E-state index contributed by atoms with van der Waals surface area (Å²) < 4.78 is 8.91. The molecule has 0 aliphatic heterocycles. The predicted molar refractivity (Wildman–Crippen MR) is 240 cm³/mol. The van der Waals surface area contributed by atoms with Gasteiger partial charge in [0.1, 0.15) is 11.2 Å². The number of aromatic nitrogens is 3. The molecule has 0 amide bonds. The summed E-state index contributed by atoms with van der Waals surface area (Å²) in [6.45, 7) is 0. The highest BCUT2D eigenvalue weighted by Gasteiger charge is 2.19. The van der Waals surface area contributed by atoms with Gasteiger partial charge in [0, 0.05) is 43.9 Å². The van der Waals surface area contributed by atoms with E-state index in [2.05, 4.69) is 187 Å². The van der Waals surface area contributed by atoms with Crippen molar-refractivity contribution in [3.8, 4) is 50.7 Å². The lowest BCUT2D eigenvalue weighted by Gasteiger charge is -2.12. The van der Waals surface area contributed by atoms with E-state index >= 15 is 0 Å². The first kappa shape index (κ1) is 32.4. The molecule has 0 N–H and O–H groups in total. The third kappa shape index (κ3) is 5.09. The Balaban J connectivity index is 1.03. The van der Waals surface area contributed by atoms with Gasteiger partial charge in [-0.1, -0.05) is 146 Å². The maximum Gasteiger partial charge on any atom is 0.160 e. The summed E-state index contributed by atoms with van der Waals surface area (Å²) >= 11 is 0. The van der Waals surface area contributed by atoms with Crippen molar-refractivity contribution in [1.29, 1.82) is 0 Å². The smallest absolute Gasteiger partial charge is 0.160 e. The van der Waals surface area contributed by atoms with Crippen LogP contribution in [0.1, 0.15) is 0 Å². The molecule has 0 atom stereocenters. The molecule has 0 aliphatic rings. The summed E-state index contributed by atoms with van der Waals surface area (Å²) in [4.78, 5) is 10.5. The van der Waals surface area contributed by atoms with Crippen LogP contribution in [-0.2, 0) is 0 Å². The van der Waals surface area contributed by atoms with Gasteiger partial charge in [0.15, 0.2) is 5.82 Å². The zero-order chi connectivity index (χ0) is 38.2. The molecule has 0 spiro atoms. The normalized spacial score (nSPS) is 11.8. The summed E-state index contributed by atoms with van der Waals surface area (Å²) in [5, 5.41) is 9.68. The highest BCUT2D eigenvalue weighted by Crippen LogP contribution is 2.41. The first-order valence-electron chi connectivity index (χ1n) is 19.7. The molecule has 0 saturated carbocycles. The molecule has 0 saturated heterocycles. The quantitative estimate of drug-likeness (QED) is 0.177. The van der Waals surface area contributed by atoms with Crippen molar-refractivity contribution in [3.05, 3.63) is 200 Å². The molecule has 3 heterocycles. The molecule has 58 heavy (non-hydrogen) atoms. The Kier molecular flexibility index (Phi) is 7.20. The Morgan fingerprint density at radius 2 is 0.931 bits per heavy atom. The molecule has 3 aromatic heterocycles. The zero-order valence-electron chi connectivity index (χ0n) is 31.3. The minimum Gasteiger partial charge on any atom is -0.455 e. The molecule has 12 rings (SSSR count). The lowest BCUT2D eigenvalue weighted by atomic mass is 10.00. The standard InChI is InChI=1S/C54H33N3O/c1-2-11-34(12-3-1)35-21-23-38(24-22-35)46-33-47(45-19-10-18-44-43-17-8-9-20-50(43)58-53(44)45)56-54(55-46)39-25-29-40(30-26-39)57-48-31-27-36-13-4-6-15-41(36)51(48)52-42-16-7-5-14-37(42)28-32-49(52)57/h1-33H. The van der Waals surface area contributed by atoms with Crippen LogP contribution in [0.5, 0.6) is 0 Å². The molecule has 0 aliphatic carbocycles. The molecule has 0 radical (unpaired) electrons. The topological polar surface area (TPSA) is 43.9 Å². The van der Waals surface area contributed by atoms with Crippen molar-refractivity contribution in [2.24, 2.45) is 0 Å². The number of hydrogen-bond acceptors (Lipinski definition) is 3. The van der Waals surface area contributed by atoms with Crippen LogP contribution in [0.2, 0.25) is 0 Å². The summed E-state index contributed by atoms with van der Waals surface area (Å²) in [5.41, 5.74) is 12.0. The molecule has 4 nitrogen and oxygen atoms in total. The average Bonchev–Trinajstić information content (AvgIpc) is 3.86. The van der Waals surface area contributed by atoms with E-state index in [4.69, 9.17) is 14.4 Å². The molecule has 4 heteroatoms. The lowest BCUT2D eigenvalue weighted by Crippen LogP contribution is -1.97. The van der Waals surface area contributed by atoms with Crippen LogP contribution < -0.4 is 0 Å². The third-order valence-electron chi connectivity index (χ3n) is 11.6. The Hall–Kier alpha value is -7.82. The fourth-order valence-electron chi connectivity index (χ4n) is 8.86. The predicted octanol–water partition coefficient (Wildman–Crippen LogP) is 14.4. The number of benzene rings is 9. The Morgan fingerprint density at radius 3 is 1.64 bits per heavy atom. The van der Waals surface area contributed by atoms with E-state index in [0.717, 1.165) is 61.3 Å². The van der Waals surface area contributed by atoms with Crippen molar-refractivity contribution < 1.29 is 4.42 Å². The van der Waals surface area contributed by atoms with Gasteiger partial charge in [-0.25, -0.2) is 9.97 Å². The van der Waals surface area contributed by atoms with Gasteiger partial charge in [0.25, 0.3) is 0 Å². The largest absolute Gasteiger partial charge is 0.455 e. The monoisotopic (exact) mass is 739 g/mol. The van der Waals surface area contributed by atoms with Gasteiger partial charge in [-0.3, -0.25) is 0 Å². The Labute approximate surface area is 333 Å². The summed E-state index contributed by atoms with van der Waals surface area (Å²) in [6.07, 6.45) is 0. The van der Waals surface area contributed by atoms with Gasteiger partial charge >= 0.3 is 0 Å². The molecule has 270 valence electrons. The maximum atomic E-state index is 6.51. The molecular formula is C54H33N3O. The van der Waals surface area contributed by atoms with Crippen LogP contribution >= 0.6 is 0 Å². The first-order valence-corrected chi connectivity index (χ1v) is 19.7. The van der Waals surface area contributed by atoms with E-state index in [1.54, 1.807) is 0 Å². The van der Waals surface area contributed by atoms with Crippen LogP contribution in [0.3, 0.4) is 0 Å². The minimum absolute atomic E-state index is 0.651. The van der Waals surface area contributed by atoms with E-state index in [0.29, 0.717) is 5.82 Å². The van der Waals surface area contributed by atoms with Crippen LogP contribution in [0.4, 0.5) is 0 Å². The lowest BCUT2D eigenvalue weighted by molar-refractivity contribution is 0.670. The van der Waals surface area contributed by atoms with Gasteiger partial charge in [0.2, 0.25) is 0 Å².